The van der Waals surface area contributed by atoms with E-state index in [-0.39, 0.29) is 48.7 Å². The van der Waals surface area contributed by atoms with Gasteiger partial charge in [-0.1, -0.05) is 13.0 Å². The molecule has 1 aliphatic carbocycles. The van der Waals surface area contributed by atoms with Gasteiger partial charge in [0.05, 0.1) is 19.2 Å². The van der Waals surface area contributed by atoms with Crippen molar-refractivity contribution in [3.8, 4) is 5.88 Å². The third-order valence-corrected chi connectivity index (χ3v) is 6.83. The van der Waals surface area contributed by atoms with Gasteiger partial charge in [0, 0.05) is 31.4 Å². The minimum Gasteiger partial charge on any atom is -0.472 e. The summed E-state index contributed by atoms with van der Waals surface area (Å²) in [6.45, 7) is 4.17. The lowest BCUT2D eigenvalue weighted by molar-refractivity contribution is 0.0356. The van der Waals surface area contributed by atoms with Crippen LogP contribution in [-0.4, -0.2) is 70.7 Å². The summed E-state index contributed by atoms with van der Waals surface area (Å²) in [5, 5.41) is 12.6. The number of urea groups is 1. The van der Waals surface area contributed by atoms with E-state index in [1.807, 2.05) is 13.0 Å². The number of ether oxygens (including phenoxy) is 1. The number of nitrogens with zero attached hydrogens (tertiary/aromatic N) is 3. The lowest BCUT2D eigenvalue weighted by Crippen LogP contribution is -2.50. The fraction of sp³-hybridized carbons (Fsp3) is 0.444. The van der Waals surface area contributed by atoms with Crippen molar-refractivity contribution in [2.75, 3.05) is 32.1 Å². The van der Waals surface area contributed by atoms with Gasteiger partial charge < -0.3 is 25.0 Å². The normalized spacial score (nSPS) is 20.5. The summed E-state index contributed by atoms with van der Waals surface area (Å²) >= 11 is 0. The number of nitrogens with one attached hydrogen (secondary N) is 1. The largest absolute Gasteiger partial charge is 0.472 e. The van der Waals surface area contributed by atoms with Gasteiger partial charge in [0.15, 0.2) is 0 Å². The van der Waals surface area contributed by atoms with Crippen LogP contribution in [0, 0.1) is 11.7 Å². The summed E-state index contributed by atoms with van der Waals surface area (Å²) in [6.07, 6.45) is 6.48. The Kier molecular flexibility index (Phi) is 7.88. The highest BCUT2D eigenvalue weighted by Gasteiger charge is 2.35. The third kappa shape index (κ3) is 5.67. The van der Waals surface area contributed by atoms with Gasteiger partial charge in [-0.05, 0) is 67.7 Å². The quantitative estimate of drug-likeness (QED) is 0.626. The van der Waals surface area contributed by atoms with Crippen LogP contribution in [0.3, 0.4) is 0 Å². The molecule has 2 aromatic rings. The van der Waals surface area contributed by atoms with E-state index in [0.29, 0.717) is 17.8 Å². The minimum absolute atomic E-state index is 0.156. The second-order valence-corrected chi connectivity index (χ2v) is 9.64. The number of carbonyl (C=O) groups excluding carboxylic acids is 2. The predicted molar refractivity (Wildman–Crippen MR) is 135 cm³/mol. The van der Waals surface area contributed by atoms with Crippen LogP contribution >= 0.6 is 0 Å². The maximum absolute atomic E-state index is 13.5. The van der Waals surface area contributed by atoms with Crippen molar-refractivity contribution >= 4 is 23.2 Å². The number of aliphatic hydroxyl groups excluding tert-OH is 1. The van der Waals surface area contributed by atoms with Crippen LogP contribution < -0.4 is 10.1 Å². The molecule has 8 nitrogen and oxygen atoms in total. The van der Waals surface area contributed by atoms with E-state index in [2.05, 4.69) is 16.4 Å². The summed E-state index contributed by atoms with van der Waals surface area (Å²) < 4.78 is 19.5. The van der Waals surface area contributed by atoms with Crippen molar-refractivity contribution in [1.82, 2.24) is 14.8 Å². The van der Waals surface area contributed by atoms with Crippen molar-refractivity contribution in [1.29, 1.82) is 0 Å². The molecule has 0 fully saturated rings. The number of fused-ring (bicyclic) bond motifs is 1. The number of rotatable bonds is 6. The van der Waals surface area contributed by atoms with Gasteiger partial charge >= 0.3 is 6.03 Å². The van der Waals surface area contributed by atoms with E-state index in [4.69, 9.17) is 4.74 Å². The van der Waals surface area contributed by atoms with Crippen LogP contribution in [0.5, 0.6) is 5.88 Å². The zero-order chi connectivity index (χ0) is 25.8. The minimum atomic E-state index is -0.460. The Hall–Kier alpha value is -3.46. The zero-order valence-corrected chi connectivity index (χ0v) is 20.9. The molecule has 2 N–H and O–H groups in total. The molecule has 192 valence electrons. The number of anilines is 1. The number of aliphatic hydroxyl groups is 1. The monoisotopic (exact) mass is 496 g/mol. The molecule has 0 saturated carbocycles. The molecule has 1 aromatic carbocycles. The molecule has 0 spiro atoms. The standard InChI is InChI=1S/C27H33FN4O4/c1-17-14-32(18(2)16-33)26(34)23-12-20(19-6-4-5-7-19)13-29-25(23)36-24(17)15-31(3)27(35)30-22-10-8-21(28)9-11-22/h6,8-13,17-18,24,33H,4-5,7,14-16H2,1-3H3,(H,30,35)/t17-,18-,24-/m1/s1. The lowest BCUT2D eigenvalue weighted by Gasteiger charge is -2.37. The Labute approximate surface area is 210 Å². The average Bonchev–Trinajstić information content (AvgIpc) is 3.42. The molecule has 2 aliphatic rings. The number of benzene rings is 1. The van der Waals surface area contributed by atoms with Crippen molar-refractivity contribution in [2.24, 2.45) is 5.92 Å². The van der Waals surface area contributed by atoms with Gasteiger partial charge in [-0.2, -0.15) is 0 Å². The third-order valence-electron chi connectivity index (χ3n) is 6.83. The molecule has 1 aliphatic heterocycles. The van der Waals surface area contributed by atoms with Crippen LogP contribution in [0.25, 0.3) is 5.57 Å². The van der Waals surface area contributed by atoms with Gasteiger partial charge in [-0.25, -0.2) is 14.2 Å². The van der Waals surface area contributed by atoms with Crippen molar-refractivity contribution < 1.29 is 23.8 Å². The van der Waals surface area contributed by atoms with Gasteiger partial charge in [0.2, 0.25) is 5.88 Å². The van der Waals surface area contributed by atoms with Crippen LogP contribution in [0.15, 0.2) is 42.6 Å². The maximum atomic E-state index is 13.5. The molecule has 9 heteroatoms. The number of allylic oxidation sites excluding steroid dienone is 2. The molecular weight excluding hydrogens is 463 g/mol. The Balaban J connectivity index is 1.58. The molecule has 4 rings (SSSR count). The second kappa shape index (κ2) is 11.1. The predicted octanol–water partition coefficient (Wildman–Crippen LogP) is 4.17. The topological polar surface area (TPSA) is 95.0 Å². The number of halogens is 1. The molecule has 0 bridgehead atoms. The van der Waals surface area contributed by atoms with E-state index in [1.54, 1.807) is 25.1 Å². The van der Waals surface area contributed by atoms with E-state index in [0.717, 1.165) is 24.8 Å². The Morgan fingerprint density at radius 2 is 2.11 bits per heavy atom. The number of aromatic nitrogens is 1. The summed E-state index contributed by atoms with van der Waals surface area (Å²) in [7, 11) is 1.65. The smallest absolute Gasteiger partial charge is 0.321 e. The van der Waals surface area contributed by atoms with Gasteiger partial charge in [-0.15, -0.1) is 0 Å². The fourth-order valence-electron chi connectivity index (χ4n) is 4.53. The van der Waals surface area contributed by atoms with Crippen LogP contribution in [0.4, 0.5) is 14.9 Å². The summed E-state index contributed by atoms with van der Waals surface area (Å²) in [5.74, 6) is -0.544. The fourth-order valence-corrected chi connectivity index (χ4v) is 4.53. The van der Waals surface area contributed by atoms with E-state index in [9.17, 15) is 19.1 Å². The Bertz CT molecular complexity index is 1140. The number of hydrogen-bond donors (Lipinski definition) is 2. The Morgan fingerprint density at radius 1 is 1.36 bits per heavy atom. The highest BCUT2D eigenvalue weighted by Crippen LogP contribution is 2.32. The molecule has 3 atom stereocenters. The second-order valence-electron chi connectivity index (χ2n) is 9.64. The molecule has 36 heavy (non-hydrogen) atoms. The molecular formula is C27H33FN4O4. The number of carbonyl (C=O) groups is 2. The molecule has 3 amide bonds. The first-order chi connectivity index (χ1) is 17.3. The molecule has 2 heterocycles. The van der Waals surface area contributed by atoms with Gasteiger partial charge in [0.1, 0.15) is 17.5 Å². The van der Waals surface area contributed by atoms with Crippen molar-refractivity contribution in [3.05, 3.63) is 59.5 Å². The van der Waals surface area contributed by atoms with Gasteiger partial charge in [0.25, 0.3) is 5.91 Å². The summed E-state index contributed by atoms with van der Waals surface area (Å²) in [6, 6.07) is 6.62. The first-order valence-corrected chi connectivity index (χ1v) is 12.3. The SMILES string of the molecule is C[C@@H]1CN([C@H](C)CO)C(=O)c2cc(C3=CCCC3)cnc2O[C@@H]1CN(C)C(=O)Nc1ccc(F)cc1. The number of likely N-dealkylation sites (N-methyl/N-ethyl adjacent to an activating group) is 1. The first-order valence-electron chi connectivity index (χ1n) is 12.3. The van der Waals surface area contributed by atoms with Crippen molar-refractivity contribution in [2.45, 2.75) is 45.3 Å². The summed E-state index contributed by atoms with van der Waals surface area (Å²) in [4.78, 5) is 34.0. The van der Waals surface area contributed by atoms with Gasteiger partial charge in [-0.3, -0.25) is 4.79 Å². The summed E-state index contributed by atoms with van der Waals surface area (Å²) in [5.41, 5.74) is 2.91. The molecule has 0 saturated heterocycles. The first kappa shape index (κ1) is 25.6. The van der Waals surface area contributed by atoms with Crippen LogP contribution in [0.1, 0.15) is 49.0 Å². The number of hydrogen-bond acceptors (Lipinski definition) is 5. The van der Waals surface area contributed by atoms with Crippen LogP contribution in [-0.2, 0) is 0 Å². The molecule has 0 unspecified atom stereocenters. The lowest BCUT2D eigenvalue weighted by atomic mass is 9.99. The maximum Gasteiger partial charge on any atom is 0.321 e. The molecule has 0 radical (unpaired) electrons. The van der Waals surface area contributed by atoms with Crippen molar-refractivity contribution in [3.63, 3.8) is 0 Å². The van der Waals surface area contributed by atoms with E-state index in [1.165, 1.54) is 34.7 Å². The highest BCUT2D eigenvalue weighted by molar-refractivity contribution is 5.97. The van der Waals surface area contributed by atoms with Crippen LogP contribution in [0.2, 0.25) is 0 Å². The average molecular weight is 497 g/mol. The Morgan fingerprint density at radius 3 is 2.78 bits per heavy atom. The van der Waals surface area contributed by atoms with E-state index >= 15 is 0 Å². The molecule has 1 aromatic heterocycles. The zero-order valence-electron chi connectivity index (χ0n) is 20.9. The van der Waals surface area contributed by atoms with E-state index < -0.39 is 6.10 Å². The number of amides is 3. The highest BCUT2D eigenvalue weighted by atomic mass is 19.1. The number of pyridine rings is 1.